The van der Waals surface area contributed by atoms with E-state index in [4.69, 9.17) is 21.1 Å². The molecule has 0 saturated carbocycles. The number of amides is 2. The number of carbonyl (C=O) groups is 2. The van der Waals surface area contributed by atoms with E-state index in [-0.39, 0.29) is 44.5 Å². The number of nitrogens with zero attached hydrogens (tertiary/aromatic N) is 2. The van der Waals surface area contributed by atoms with E-state index in [2.05, 4.69) is 5.32 Å². The first-order chi connectivity index (χ1) is 20.7. The number of fused-ring (bicyclic) bond motifs is 1. The number of carbonyl (C=O) groups excluding carboxylic acids is 2. The predicted octanol–water partition coefficient (Wildman–Crippen LogP) is 5.17. The summed E-state index contributed by atoms with van der Waals surface area (Å²) in [5.41, 5.74) is 2.18. The van der Waals surface area contributed by atoms with E-state index in [9.17, 15) is 18.0 Å². The molecule has 0 aromatic heterocycles. The van der Waals surface area contributed by atoms with Gasteiger partial charge < -0.3 is 19.7 Å². The minimum Gasteiger partial charge on any atom is -0.454 e. The number of anilines is 1. The monoisotopic (exact) mass is 627 g/mol. The van der Waals surface area contributed by atoms with Crippen molar-refractivity contribution in [2.75, 3.05) is 30.4 Å². The Hall–Kier alpha value is -3.76. The van der Waals surface area contributed by atoms with Crippen LogP contribution in [0.15, 0.2) is 72.8 Å². The van der Waals surface area contributed by atoms with Gasteiger partial charge in [0.2, 0.25) is 28.6 Å². The van der Waals surface area contributed by atoms with Gasteiger partial charge in [-0.2, -0.15) is 0 Å². The van der Waals surface area contributed by atoms with Gasteiger partial charge in [-0.05, 0) is 48.2 Å². The fraction of sp³-hybridized carbons (Fsp3) is 0.375. The quantitative estimate of drug-likeness (QED) is 0.233. The van der Waals surface area contributed by atoms with Crippen LogP contribution in [0.25, 0.3) is 0 Å². The SMILES string of the molecule is CCCCNC(=O)C(Cc1ccccc1)N(Cc1ccc(Cl)cc1)C(=O)CCCN(c1ccc2c(c1)OCO2)S(C)(=O)=O. The van der Waals surface area contributed by atoms with Crippen LogP contribution < -0.4 is 19.1 Å². The third-order valence-electron chi connectivity index (χ3n) is 7.16. The highest BCUT2D eigenvalue weighted by Crippen LogP contribution is 2.36. The highest BCUT2D eigenvalue weighted by atomic mass is 35.5. The van der Waals surface area contributed by atoms with Gasteiger partial charge in [0.25, 0.3) is 0 Å². The van der Waals surface area contributed by atoms with Gasteiger partial charge in [-0.15, -0.1) is 0 Å². The van der Waals surface area contributed by atoms with Crippen LogP contribution in [0.2, 0.25) is 5.02 Å². The molecular formula is C32H38ClN3O6S. The summed E-state index contributed by atoms with van der Waals surface area (Å²) in [6, 6.07) is 20.9. The van der Waals surface area contributed by atoms with E-state index < -0.39 is 16.1 Å². The van der Waals surface area contributed by atoms with E-state index in [1.165, 1.54) is 4.31 Å². The van der Waals surface area contributed by atoms with Gasteiger partial charge in [0.15, 0.2) is 11.5 Å². The van der Waals surface area contributed by atoms with Crippen LogP contribution in [-0.4, -0.2) is 57.3 Å². The molecule has 230 valence electrons. The molecule has 1 atom stereocenters. The predicted molar refractivity (Wildman–Crippen MR) is 168 cm³/mol. The summed E-state index contributed by atoms with van der Waals surface area (Å²) in [5, 5.41) is 3.58. The van der Waals surface area contributed by atoms with Crippen molar-refractivity contribution in [2.24, 2.45) is 0 Å². The molecular weight excluding hydrogens is 590 g/mol. The fourth-order valence-electron chi connectivity index (χ4n) is 4.89. The minimum absolute atomic E-state index is 0.0394. The molecule has 2 amide bonds. The van der Waals surface area contributed by atoms with Crippen LogP contribution in [0.5, 0.6) is 11.5 Å². The number of benzene rings is 3. The number of ether oxygens (including phenoxy) is 2. The molecule has 1 aliphatic heterocycles. The van der Waals surface area contributed by atoms with Crippen molar-refractivity contribution in [3.8, 4) is 11.5 Å². The molecule has 0 spiro atoms. The molecule has 0 fully saturated rings. The molecule has 9 nitrogen and oxygen atoms in total. The lowest BCUT2D eigenvalue weighted by Gasteiger charge is -2.32. The molecule has 0 saturated heterocycles. The van der Waals surface area contributed by atoms with Gasteiger partial charge in [-0.3, -0.25) is 13.9 Å². The molecule has 4 rings (SSSR count). The second kappa shape index (κ2) is 15.1. The number of halogens is 1. The zero-order valence-corrected chi connectivity index (χ0v) is 26.1. The lowest BCUT2D eigenvalue weighted by molar-refractivity contribution is -0.141. The van der Waals surface area contributed by atoms with E-state index in [1.807, 2.05) is 49.4 Å². The maximum atomic E-state index is 13.9. The molecule has 0 aliphatic carbocycles. The zero-order valence-electron chi connectivity index (χ0n) is 24.5. The summed E-state index contributed by atoms with van der Waals surface area (Å²) in [6.07, 6.45) is 3.51. The van der Waals surface area contributed by atoms with Gasteiger partial charge in [-0.25, -0.2) is 8.42 Å². The van der Waals surface area contributed by atoms with Crippen molar-refractivity contribution in [1.29, 1.82) is 0 Å². The third kappa shape index (κ3) is 9.11. The minimum atomic E-state index is -3.65. The largest absolute Gasteiger partial charge is 0.454 e. The van der Waals surface area contributed by atoms with E-state index >= 15 is 0 Å². The highest BCUT2D eigenvalue weighted by Gasteiger charge is 2.30. The summed E-state index contributed by atoms with van der Waals surface area (Å²) in [4.78, 5) is 29.1. The molecule has 3 aromatic rings. The number of unbranched alkanes of at least 4 members (excludes halogenated alkanes) is 1. The van der Waals surface area contributed by atoms with Crippen molar-refractivity contribution in [3.05, 3.63) is 88.9 Å². The molecule has 1 aliphatic rings. The van der Waals surface area contributed by atoms with Gasteiger partial charge >= 0.3 is 0 Å². The number of nitrogens with one attached hydrogen (secondary N) is 1. The van der Waals surface area contributed by atoms with Crippen LogP contribution in [-0.2, 0) is 32.6 Å². The first kappa shape index (κ1) is 32.2. The lowest BCUT2D eigenvalue weighted by atomic mass is 10.0. The summed E-state index contributed by atoms with van der Waals surface area (Å²) >= 11 is 6.11. The second-order valence-electron chi connectivity index (χ2n) is 10.5. The maximum Gasteiger partial charge on any atom is 0.243 e. The van der Waals surface area contributed by atoms with Gasteiger partial charge in [-0.1, -0.05) is 67.4 Å². The average Bonchev–Trinajstić information content (AvgIpc) is 3.46. The van der Waals surface area contributed by atoms with Crippen molar-refractivity contribution in [3.63, 3.8) is 0 Å². The number of hydrogen-bond acceptors (Lipinski definition) is 6. The first-order valence-corrected chi connectivity index (χ1v) is 16.6. The first-order valence-electron chi connectivity index (χ1n) is 14.4. The molecule has 1 N–H and O–H groups in total. The fourth-order valence-corrected chi connectivity index (χ4v) is 5.97. The number of rotatable bonds is 15. The maximum absolute atomic E-state index is 13.9. The molecule has 43 heavy (non-hydrogen) atoms. The van der Waals surface area contributed by atoms with Gasteiger partial charge in [0, 0.05) is 43.6 Å². The Morgan fingerprint density at radius 3 is 2.37 bits per heavy atom. The van der Waals surface area contributed by atoms with Crippen molar-refractivity contribution in [1.82, 2.24) is 10.2 Å². The molecule has 0 bridgehead atoms. The average molecular weight is 628 g/mol. The Bertz CT molecular complexity index is 1480. The van der Waals surface area contributed by atoms with Gasteiger partial charge in [0.1, 0.15) is 6.04 Å². The smallest absolute Gasteiger partial charge is 0.243 e. The second-order valence-corrected chi connectivity index (χ2v) is 12.8. The van der Waals surface area contributed by atoms with E-state index in [1.54, 1.807) is 35.2 Å². The Labute approximate surface area is 258 Å². The van der Waals surface area contributed by atoms with Crippen LogP contribution in [0.3, 0.4) is 0 Å². The van der Waals surface area contributed by atoms with Gasteiger partial charge in [0.05, 0.1) is 11.9 Å². The van der Waals surface area contributed by atoms with Crippen molar-refractivity contribution >= 4 is 39.1 Å². The summed E-state index contributed by atoms with van der Waals surface area (Å²) in [6.45, 7) is 2.92. The number of sulfonamides is 1. The van der Waals surface area contributed by atoms with E-state index in [0.29, 0.717) is 35.2 Å². The summed E-state index contributed by atoms with van der Waals surface area (Å²) in [7, 11) is -3.65. The van der Waals surface area contributed by atoms with Crippen molar-refractivity contribution < 1.29 is 27.5 Å². The van der Waals surface area contributed by atoms with Crippen LogP contribution in [0, 0.1) is 0 Å². The lowest BCUT2D eigenvalue weighted by Crippen LogP contribution is -2.50. The summed E-state index contributed by atoms with van der Waals surface area (Å²) < 4.78 is 37.5. The Kier molecular flexibility index (Phi) is 11.3. The topological polar surface area (TPSA) is 105 Å². The Balaban J connectivity index is 1.56. The van der Waals surface area contributed by atoms with E-state index in [0.717, 1.165) is 30.2 Å². The summed E-state index contributed by atoms with van der Waals surface area (Å²) in [5.74, 6) is 0.541. The van der Waals surface area contributed by atoms with Crippen LogP contribution in [0.4, 0.5) is 5.69 Å². The number of hydrogen-bond donors (Lipinski definition) is 1. The Morgan fingerprint density at radius 1 is 0.953 bits per heavy atom. The highest BCUT2D eigenvalue weighted by molar-refractivity contribution is 7.92. The third-order valence-corrected chi connectivity index (χ3v) is 8.61. The standard InChI is InChI=1S/C32H38ClN3O6S/c1-3-4-18-34-32(38)28(20-24-9-6-5-7-10-24)35(22-25-12-14-26(33)15-13-25)31(37)11-8-19-36(43(2,39)40)27-16-17-29-30(21-27)42-23-41-29/h5-7,9-10,12-17,21,28H,3-4,8,11,18-20,22-23H2,1-2H3,(H,34,38). The molecule has 3 aromatic carbocycles. The molecule has 0 radical (unpaired) electrons. The van der Waals surface area contributed by atoms with Crippen molar-refractivity contribution in [2.45, 2.75) is 51.6 Å². The molecule has 1 unspecified atom stereocenters. The molecule has 11 heteroatoms. The Morgan fingerprint density at radius 2 is 1.67 bits per heavy atom. The van der Waals surface area contributed by atoms with Crippen LogP contribution >= 0.6 is 11.6 Å². The normalized spacial score (nSPS) is 12.9. The van der Waals surface area contributed by atoms with Crippen LogP contribution in [0.1, 0.15) is 43.7 Å². The molecule has 1 heterocycles. The zero-order chi connectivity index (χ0) is 30.8.